The van der Waals surface area contributed by atoms with Crippen LogP contribution in [0.2, 0.25) is 0 Å². The van der Waals surface area contributed by atoms with E-state index in [2.05, 4.69) is 10.2 Å². The number of Topliss-reactive ketones (excluding diaryl/α,β-unsaturated/α-hetero) is 1. The van der Waals surface area contributed by atoms with Gasteiger partial charge in [-0.05, 0) is 50.1 Å². The van der Waals surface area contributed by atoms with Gasteiger partial charge < -0.3 is 24.3 Å². The van der Waals surface area contributed by atoms with Crippen LogP contribution in [0.3, 0.4) is 0 Å². The van der Waals surface area contributed by atoms with E-state index < -0.39 is 0 Å². The number of amides is 1. The minimum absolute atomic E-state index is 0.0297. The van der Waals surface area contributed by atoms with Crippen LogP contribution in [0.4, 0.5) is 0 Å². The molecule has 0 bridgehead atoms. The first-order chi connectivity index (χ1) is 15.6. The lowest BCUT2D eigenvalue weighted by Gasteiger charge is -2.36. The zero-order valence-corrected chi connectivity index (χ0v) is 18.6. The number of allylic oxidation sites excluding steroid dienone is 1. The van der Waals surface area contributed by atoms with Gasteiger partial charge in [0.15, 0.2) is 0 Å². The molecule has 1 aliphatic carbocycles. The molecule has 1 amide bonds. The largest absolute Gasteiger partial charge is 0.493 e. The smallest absolute Gasteiger partial charge is 0.251 e. The summed E-state index contributed by atoms with van der Waals surface area (Å²) in [7, 11) is 1.69. The molecule has 8 heteroatoms. The Labute approximate surface area is 188 Å². The molecule has 3 unspecified atom stereocenters. The van der Waals surface area contributed by atoms with E-state index in [1.807, 2.05) is 0 Å². The summed E-state index contributed by atoms with van der Waals surface area (Å²) < 4.78 is 22.3. The van der Waals surface area contributed by atoms with E-state index in [0.717, 1.165) is 52.1 Å². The maximum Gasteiger partial charge on any atom is 0.251 e. The lowest BCUT2D eigenvalue weighted by atomic mass is 9.80. The second-order valence-electron chi connectivity index (χ2n) is 8.49. The fourth-order valence-electron chi connectivity index (χ4n) is 4.45. The number of benzene rings is 1. The minimum atomic E-state index is -0.191. The van der Waals surface area contributed by atoms with Crippen molar-refractivity contribution in [3.8, 4) is 5.75 Å². The fraction of sp³-hybridized carbons (Fsp3) is 0.583. The molecule has 2 fully saturated rings. The highest BCUT2D eigenvalue weighted by atomic mass is 16.5. The van der Waals surface area contributed by atoms with Crippen LogP contribution in [0.1, 0.15) is 36.0 Å². The first-order valence-corrected chi connectivity index (χ1v) is 11.4. The number of rotatable bonds is 8. The highest BCUT2D eigenvalue weighted by Crippen LogP contribution is 2.34. The molecule has 4 rings (SSSR count). The zero-order valence-electron chi connectivity index (χ0n) is 18.6. The molecule has 3 atom stereocenters. The standard InChI is InChI=1S/C24H32N2O6/c1-29-19-7-8-20-21(15-19)31-16-22(23(20)27)32-18-5-3-17(4-6-18)24(28)25-9-2-10-26-11-13-30-14-12-26/h3-6,16,19-21H,2,7-15H2,1H3,(H,25,28). The van der Waals surface area contributed by atoms with Crippen LogP contribution in [0.5, 0.6) is 5.75 Å². The summed E-state index contributed by atoms with van der Waals surface area (Å²) in [6.45, 7) is 5.05. The van der Waals surface area contributed by atoms with Gasteiger partial charge in [-0.25, -0.2) is 0 Å². The molecular formula is C24H32N2O6. The van der Waals surface area contributed by atoms with Gasteiger partial charge in [0.05, 0.1) is 25.2 Å². The quantitative estimate of drug-likeness (QED) is 0.615. The molecule has 2 heterocycles. The second-order valence-corrected chi connectivity index (χ2v) is 8.49. The molecule has 3 aliphatic rings. The Kier molecular flexibility index (Phi) is 7.78. The summed E-state index contributed by atoms with van der Waals surface area (Å²) in [5.74, 6) is 0.373. The van der Waals surface area contributed by atoms with E-state index in [0.29, 0.717) is 24.3 Å². The van der Waals surface area contributed by atoms with Crippen LogP contribution < -0.4 is 10.1 Å². The van der Waals surface area contributed by atoms with Gasteiger partial charge in [-0.1, -0.05) is 0 Å². The van der Waals surface area contributed by atoms with Crippen molar-refractivity contribution in [2.75, 3.05) is 46.5 Å². The average molecular weight is 445 g/mol. The summed E-state index contributed by atoms with van der Waals surface area (Å²) in [6, 6.07) is 6.80. The molecule has 0 spiro atoms. The van der Waals surface area contributed by atoms with Crippen LogP contribution in [0.25, 0.3) is 0 Å². The number of morpholine rings is 1. The first kappa shape index (κ1) is 22.8. The number of hydrogen-bond acceptors (Lipinski definition) is 7. The number of nitrogens with zero attached hydrogens (tertiary/aromatic N) is 1. The lowest BCUT2D eigenvalue weighted by Crippen LogP contribution is -2.42. The number of ketones is 1. The van der Waals surface area contributed by atoms with Crippen LogP contribution in [0.15, 0.2) is 36.3 Å². The maximum absolute atomic E-state index is 12.8. The Balaban J connectivity index is 1.24. The Morgan fingerprint density at radius 3 is 2.72 bits per heavy atom. The third-order valence-corrected chi connectivity index (χ3v) is 6.39. The third-order valence-electron chi connectivity index (χ3n) is 6.39. The van der Waals surface area contributed by atoms with Gasteiger partial charge >= 0.3 is 0 Å². The van der Waals surface area contributed by atoms with Crippen molar-refractivity contribution < 1.29 is 28.5 Å². The van der Waals surface area contributed by atoms with E-state index in [9.17, 15) is 9.59 Å². The van der Waals surface area contributed by atoms with Gasteiger partial charge in [0, 0.05) is 38.7 Å². The predicted molar refractivity (Wildman–Crippen MR) is 117 cm³/mol. The topological polar surface area (TPSA) is 86.3 Å². The Morgan fingerprint density at radius 2 is 1.97 bits per heavy atom. The molecule has 1 saturated carbocycles. The summed E-state index contributed by atoms with van der Waals surface area (Å²) in [6.07, 6.45) is 4.59. The van der Waals surface area contributed by atoms with Crippen molar-refractivity contribution in [3.05, 3.63) is 41.9 Å². The Bertz CT molecular complexity index is 818. The van der Waals surface area contributed by atoms with Gasteiger partial charge in [0.2, 0.25) is 11.5 Å². The highest BCUT2D eigenvalue weighted by Gasteiger charge is 2.41. The second kappa shape index (κ2) is 10.9. The molecule has 1 N–H and O–H groups in total. The minimum Gasteiger partial charge on any atom is -0.493 e. The van der Waals surface area contributed by atoms with Gasteiger partial charge in [0.1, 0.15) is 18.1 Å². The molecule has 1 aromatic carbocycles. The van der Waals surface area contributed by atoms with E-state index >= 15 is 0 Å². The van der Waals surface area contributed by atoms with Crippen LogP contribution >= 0.6 is 0 Å². The number of nitrogens with one attached hydrogen (secondary N) is 1. The van der Waals surface area contributed by atoms with E-state index in [1.165, 1.54) is 6.26 Å². The SMILES string of the molecule is COC1CCC2C(=O)C(Oc3ccc(C(=O)NCCCN4CCOCC4)cc3)=COC2C1. The van der Waals surface area contributed by atoms with Crippen LogP contribution in [0, 0.1) is 5.92 Å². The summed E-state index contributed by atoms with van der Waals surface area (Å²) >= 11 is 0. The first-order valence-electron chi connectivity index (χ1n) is 11.4. The van der Waals surface area contributed by atoms with Crippen molar-refractivity contribution in [2.45, 2.75) is 37.9 Å². The summed E-state index contributed by atoms with van der Waals surface area (Å²) in [5, 5.41) is 2.95. The van der Waals surface area contributed by atoms with Gasteiger partial charge in [-0.2, -0.15) is 0 Å². The van der Waals surface area contributed by atoms with Crippen LogP contribution in [-0.4, -0.2) is 75.3 Å². The third kappa shape index (κ3) is 5.68. The average Bonchev–Trinajstić information content (AvgIpc) is 2.84. The summed E-state index contributed by atoms with van der Waals surface area (Å²) in [4.78, 5) is 27.5. The number of ether oxygens (including phenoxy) is 4. The predicted octanol–water partition coefficient (Wildman–Crippen LogP) is 2.14. The van der Waals surface area contributed by atoms with E-state index in [4.69, 9.17) is 18.9 Å². The van der Waals surface area contributed by atoms with Crippen molar-refractivity contribution in [1.29, 1.82) is 0 Å². The molecule has 8 nitrogen and oxygen atoms in total. The highest BCUT2D eigenvalue weighted by molar-refractivity contribution is 5.97. The monoisotopic (exact) mass is 444 g/mol. The number of carbonyl (C=O) groups excluding carboxylic acids is 2. The molecular weight excluding hydrogens is 412 g/mol. The normalized spacial score (nSPS) is 26.0. The van der Waals surface area contributed by atoms with Crippen molar-refractivity contribution in [1.82, 2.24) is 10.2 Å². The number of carbonyl (C=O) groups is 2. The Hall–Kier alpha value is -2.42. The number of hydrogen-bond donors (Lipinski definition) is 1. The molecule has 0 aromatic heterocycles. The van der Waals surface area contributed by atoms with Gasteiger partial charge in [0.25, 0.3) is 5.91 Å². The molecule has 2 aliphatic heterocycles. The maximum atomic E-state index is 12.8. The van der Waals surface area contributed by atoms with Crippen molar-refractivity contribution in [3.63, 3.8) is 0 Å². The number of methoxy groups -OCH3 is 1. The Morgan fingerprint density at radius 1 is 1.19 bits per heavy atom. The van der Waals surface area contributed by atoms with E-state index in [-0.39, 0.29) is 35.6 Å². The molecule has 1 saturated heterocycles. The van der Waals surface area contributed by atoms with Gasteiger partial charge in [-0.15, -0.1) is 0 Å². The van der Waals surface area contributed by atoms with E-state index in [1.54, 1.807) is 31.4 Å². The molecule has 0 radical (unpaired) electrons. The number of fused-ring (bicyclic) bond motifs is 1. The molecule has 32 heavy (non-hydrogen) atoms. The molecule has 174 valence electrons. The zero-order chi connectivity index (χ0) is 22.3. The fourth-order valence-corrected chi connectivity index (χ4v) is 4.45. The van der Waals surface area contributed by atoms with Crippen LogP contribution in [-0.2, 0) is 19.0 Å². The molecule has 1 aromatic rings. The lowest BCUT2D eigenvalue weighted by molar-refractivity contribution is -0.133. The summed E-state index contributed by atoms with van der Waals surface area (Å²) in [5.41, 5.74) is 0.557. The van der Waals surface area contributed by atoms with Crippen molar-refractivity contribution in [2.24, 2.45) is 5.92 Å². The van der Waals surface area contributed by atoms with Gasteiger partial charge in [-0.3, -0.25) is 14.5 Å². The van der Waals surface area contributed by atoms with Crippen molar-refractivity contribution >= 4 is 11.7 Å².